The second-order valence-corrected chi connectivity index (χ2v) is 6.30. The van der Waals surface area contributed by atoms with Gasteiger partial charge in [0.25, 0.3) is 0 Å². The van der Waals surface area contributed by atoms with Crippen LogP contribution in [-0.2, 0) is 6.54 Å². The van der Waals surface area contributed by atoms with E-state index in [0.717, 1.165) is 31.1 Å². The molecular formula is C15H22BrFN2. The third-order valence-electron chi connectivity index (χ3n) is 3.79. The molecule has 0 aromatic heterocycles. The summed E-state index contributed by atoms with van der Waals surface area (Å²) in [5.74, 6) is 0.694. The topological polar surface area (TPSA) is 15.3 Å². The number of halogens is 2. The summed E-state index contributed by atoms with van der Waals surface area (Å²) in [4.78, 5) is 2.51. The van der Waals surface area contributed by atoms with Crippen LogP contribution in [0.15, 0.2) is 22.7 Å². The first-order valence-corrected chi connectivity index (χ1v) is 7.81. The van der Waals surface area contributed by atoms with Crippen molar-refractivity contribution < 1.29 is 4.39 Å². The van der Waals surface area contributed by atoms with E-state index in [9.17, 15) is 4.39 Å². The normalized spacial score (nSPS) is 17.8. The molecule has 0 atom stereocenters. The summed E-state index contributed by atoms with van der Waals surface area (Å²) in [6.45, 7) is 7.55. The van der Waals surface area contributed by atoms with Crippen LogP contribution in [0.4, 0.5) is 4.39 Å². The van der Waals surface area contributed by atoms with E-state index < -0.39 is 0 Å². The number of rotatable bonds is 5. The summed E-state index contributed by atoms with van der Waals surface area (Å²) in [5, 5.41) is 3.38. The van der Waals surface area contributed by atoms with Gasteiger partial charge in [-0.05, 0) is 65.5 Å². The smallest absolute Gasteiger partial charge is 0.137 e. The zero-order valence-corrected chi connectivity index (χ0v) is 13.0. The monoisotopic (exact) mass is 328 g/mol. The van der Waals surface area contributed by atoms with E-state index in [2.05, 4.69) is 33.1 Å². The minimum Gasteiger partial charge on any atom is -0.311 e. The molecule has 1 N–H and O–H groups in total. The molecule has 1 aliphatic heterocycles. The molecule has 1 aliphatic rings. The highest BCUT2D eigenvalue weighted by atomic mass is 79.9. The number of likely N-dealkylation sites (tertiary alicyclic amines) is 1. The minimum absolute atomic E-state index is 0.190. The van der Waals surface area contributed by atoms with Crippen molar-refractivity contribution >= 4 is 15.9 Å². The van der Waals surface area contributed by atoms with Crippen molar-refractivity contribution in [2.24, 2.45) is 5.92 Å². The quantitative estimate of drug-likeness (QED) is 0.833. The molecule has 1 aromatic carbocycles. The van der Waals surface area contributed by atoms with E-state index >= 15 is 0 Å². The van der Waals surface area contributed by atoms with Gasteiger partial charge in [-0.2, -0.15) is 0 Å². The van der Waals surface area contributed by atoms with Crippen LogP contribution in [0.5, 0.6) is 0 Å². The van der Waals surface area contributed by atoms with Crippen molar-refractivity contribution in [3.8, 4) is 0 Å². The first-order valence-electron chi connectivity index (χ1n) is 7.02. The van der Waals surface area contributed by atoms with Gasteiger partial charge >= 0.3 is 0 Å². The SMILES string of the molecule is CC1CCN(CCNCc2ccc(Br)c(F)c2)CC1. The predicted octanol–water partition coefficient (Wildman–Crippen LogP) is 3.41. The zero-order valence-electron chi connectivity index (χ0n) is 11.5. The maximum Gasteiger partial charge on any atom is 0.137 e. The molecule has 19 heavy (non-hydrogen) atoms. The molecule has 0 radical (unpaired) electrons. The Hall–Kier alpha value is -0.450. The molecule has 0 spiro atoms. The Morgan fingerprint density at radius 1 is 1.37 bits per heavy atom. The molecule has 1 aromatic rings. The van der Waals surface area contributed by atoms with E-state index in [-0.39, 0.29) is 5.82 Å². The van der Waals surface area contributed by atoms with Gasteiger partial charge in [-0.3, -0.25) is 0 Å². The van der Waals surface area contributed by atoms with E-state index in [1.807, 2.05) is 6.07 Å². The van der Waals surface area contributed by atoms with E-state index in [0.29, 0.717) is 4.47 Å². The van der Waals surface area contributed by atoms with Gasteiger partial charge < -0.3 is 10.2 Å². The van der Waals surface area contributed by atoms with Gasteiger partial charge in [-0.25, -0.2) is 4.39 Å². The van der Waals surface area contributed by atoms with Gasteiger partial charge in [-0.15, -0.1) is 0 Å². The summed E-state index contributed by atoms with van der Waals surface area (Å²) in [5.41, 5.74) is 0.993. The Balaban J connectivity index is 1.65. The Bertz CT molecular complexity index is 403. The Morgan fingerprint density at radius 2 is 2.11 bits per heavy atom. The summed E-state index contributed by atoms with van der Waals surface area (Å²) in [6.07, 6.45) is 2.63. The number of nitrogens with one attached hydrogen (secondary N) is 1. The standard InChI is InChI=1S/C15H22BrFN2/c1-12-4-7-19(8-5-12)9-6-18-11-13-2-3-14(16)15(17)10-13/h2-3,10,12,18H,4-9,11H2,1H3. The highest BCUT2D eigenvalue weighted by Gasteiger charge is 2.14. The van der Waals surface area contributed by atoms with E-state index in [1.165, 1.54) is 25.9 Å². The molecule has 0 unspecified atom stereocenters. The lowest BCUT2D eigenvalue weighted by atomic mass is 9.99. The Kier molecular flexibility index (Phi) is 5.79. The molecular weight excluding hydrogens is 307 g/mol. The highest BCUT2D eigenvalue weighted by Crippen LogP contribution is 2.16. The second kappa shape index (κ2) is 7.36. The lowest BCUT2D eigenvalue weighted by Gasteiger charge is -2.30. The second-order valence-electron chi connectivity index (χ2n) is 5.45. The number of piperidine rings is 1. The Labute approximate surface area is 123 Å². The van der Waals surface area contributed by atoms with Crippen molar-refractivity contribution in [2.75, 3.05) is 26.2 Å². The van der Waals surface area contributed by atoms with Crippen molar-refractivity contribution in [2.45, 2.75) is 26.3 Å². The summed E-state index contributed by atoms with van der Waals surface area (Å²) in [6, 6.07) is 5.29. The molecule has 106 valence electrons. The molecule has 2 rings (SSSR count). The lowest BCUT2D eigenvalue weighted by molar-refractivity contribution is 0.193. The van der Waals surface area contributed by atoms with Crippen LogP contribution in [0, 0.1) is 11.7 Å². The van der Waals surface area contributed by atoms with Crippen LogP contribution in [0.1, 0.15) is 25.3 Å². The zero-order chi connectivity index (χ0) is 13.7. The van der Waals surface area contributed by atoms with E-state index in [1.54, 1.807) is 12.1 Å². The van der Waals surface area contributed by atoms with E-state index in [4.69, 9.17) is 0 Å². The van der Waals surface area contributed by atoms with Gasteiger partial charge in [-0.1, -0.05) is 13.0 Å². The van der Waals surface area contributed by atoms with Gasteiger partial charge in [0.2, 0.25) is 0 Å². The maximum absolute atomic E-state index is 13.3. The maximum atomic E-state index is 13.3. The number of benzene rings is 1. The van der Waals surface area contributed by atoms with Crippen LogP contribution >= 0.6 is 15.9 Å². The van der Waals surface area contributed by atoms with Crippen LogP contribution in [0.25, 0.3) is 0 Å². The average molecular weight is 329 g/mol. The van der Waals surface area contributed by atoms with Crippen LogP contribution in [0.2, 0.25) is 0 Å². The fraction of sp³-hybridized carbons (Fsp3) is 0.600. The molecule has 0 amide bonds. The molecule has 0 bridgehead atoms. The highest BCUT2D eigenvalue weighted by molar-refractivity contribution is 9.10. The lowest BCUT2D eigenvalue weighted by Crippen LogP contribution is -2.37. The van der Waals surface area contributed by atoms with Gasteiger partial charge in [0, 0.05) is 19.6 Å². The first-order chi connectivity index (χ1) is 9.15. The van der Waals surface area contributed by atoms with Crippen molar-refractivity contribution in [1.29, 1.82) is 0 Å². The van der Waals surface area contributed by atoms with Crippen molar-refractivity contribution in [3.05, 3.63) is 34.1 Å². The summed E-state index contributed by atoms with van der Waals surface area (Å²) < 4.78 is 13.9. The Morgan fingerprint density at radius 3 is 2.79 bits per heavy atom. The minimum atomic E-state index is -0.190. The number of hydrogen-bond donors (Lipinski definition) is 1. The molecule has 1 saturated heterocycles. The molecule has 4 heteroatoms. The largest absolute Gasteiger partial charge is 0.311 e. The average Bonchev–Trinajstić information content (AvgIpc) is 2.41. The summed E-state index contributed by atoms with van der Waals surface area (Å²) in [7, 11) is 0. The number of nitrogens with zero attached hydrogens (tertiary/aromatic N) is 1. The van der Waals surface area contributed by atoms with Crippen molar-refractivity contribution in [3.63, 3.8) is 0 Å². The van der Waals surface area contributed by atoms with Gasteiger partial charge in [0.1, 0.15) is 5.82 Å². The molecule has 2 nitrogen and oxygen atoms in total. The first kappa shape index (κ1) is 14.9. The van der Waals surface area contributed by atoms with Gasteiger partial charge in [0.15, 0.2) is 0 Å². The fourth-order valence-electron chi connectivity index (χ4n) is 2.41. The third-order valence-corrected chi connectivity index (χ3v) is 4.44. The molecule has 0 saturated carbocycles. The van der Waals surface area contributed by atoms with Crippen LogP contribution < -0.4 is 5.32 Å². The summed E-state index contributed by atoms with van der Waals surface area (Å²) >= 11 is 3.17. The van der Waals surface area contributed by atoms with Crippen LogP contribution in [0.3, 0.4) is 0 Å². The van der Waals surface area contributed by atoms with Crippen molar-refractivity contribution in [1.82, 2.24) is 10.2 Å². The molecule has 0 aliphatic carbocycles. The molecule has 1 fully saturated rings. The molecule has 1 heterocycles. The third kappa shape index (κ3) is 4.86. The predicted molar refractivity (Wildman–Crippen MR) is 80.6 cm³/mol. The van der Waals surface area contributed by atoms with Gasteiger partial charge in [0.05, 0.1) is 4.47 Å². The fourth-order valence-corrected chi connectivity index (χ4v) is 2.65. The van der Waals surface area contributed by atoms with Crippen LogP contribution in [-0.4, -0.2) is 31.1 Å². The number of hydrogen-bond acceptors (Lipinski definition) is 2.